The number of rotatable bonds is 5. The van der Waals surface area contributed by atoms with Gasteiger partial charge in [0.1, 0.15) is 5.82 Å². The van der Waals surface area contributed by atoms with Crippen LogP contribution >= 0.6 is 0 Å². The van der Waals surface area contributed by atoms with Crippen molar-refractivity contribution in [3.8, 4) is 50.7 Å². The Morgan fingerprint density at radius 3 is 1.73 bits per heavy atom. The predicted octanol–water partition coefficient (Wildman–Crippen LogP) is 9.43. The first-order chi connectivity index (χ1) is 24.0. The summed E-state index contributed by atoms with van der Waals surface area (Å²) >= 11 is 0. The maximum absolute atomic E-state index is 12.5. The quantitative estimate of drug-likeness (QED) is 0.190. The molecule has 0 spiro atoms. The van der Waals surface area contributed by atoms with Crippen LogP contribution in [0.2, 0.25) is 0 Å². The molecule has 9 rings (SSSR count). The molecule has 6 aromatic carbocycles. The lowest BCUT2D eigenvalue weighted by atomic mass is 10.0. The lowest BCUT2D eigenvalue weighted by molar-refractivity contribution is 0.795. The molecule has 0 N–H and O–H groups in total. The van der Waals surface area contributed by atoms with Crippen molar-refractivity contribution in [1.29, 1.82) is 0 Å². The Labute approximate surface area is 282 Å². The van der Waals surface area contributed by atoms with E-state index in [0.29, 0.717) is 5.82 Å². The maximum Gasteiger partial charge on any atom is 0.328 e. The Kier molecular flexibility index (Phi) is 6.62. The van der Waals surface area contributed by atoms with Gasteiger partial charge in [-0.1, -0.05) is 115 Å². The monoisotopic (exact) mass is 633 g/mol. The Balaban J connectivity index is 1.20. The number of para-hydroxylation sites is 1. The van der Waals surface area contributed by atoms with Gasteiger partial charge < -0.3 is 0 Å². The molecule has 3 heterocycles. The van der Waals surface area contributed by atoms with Crippen LogP contribution in [0.3, 0.4) is 0 Å². The van der Waals surface area contributed by atoms with E-state index in [9.17, 15) is 4.79 Å². The SMILES string of the molecule is Cn1c(=O)n(C)c2cc(-c3ccc(-c4cc(-n5c6ccccc6c6cc(-c7ccccc7)ccc65)nc(-c5ccccc5)n4)cc3)ccc21. The number of benzene rings is 6. The van der Waals surface area contributed by atoms with Gasteiger partial charge in [0, 0.05) is 42.1 Å². The summed E-state index contributed by atoms with van der Waals surface area (Å²) in [5.74, 6) is 1.47. The predicted molar refractivity (Wildman–Crippen MR) is 200 cm³/mol. The van der Waals surface area contributed by atoms with Crippen molar-refractivity contribution in [3.05, 3.63) is 162 Å². The molecule has 3 aromatic heterocycles. The second-order valence-electron chi connectivity index (χ2n) is 12.4. The Morgan fingerprint density at radius 1 is 0.429 bits per heavy atom. The van der Waals surface area contributed by atoms with Gasteiger partial charge in [-0.2, -0.15) is 0 Å². The molecule has 6 nitrogen and oxygen atoms in total. The third-order valence-corrected chi connectivity index (χ3v) is 9.54. The van der Waals surface area contributed by atoms with Gasteiger partial charge in [-0.05, 0) is 52.6 Å². The van der Waals surface area contributed by atoms with Gasteiger partial charge in [0.05, 0.1) is 27.8 Å². The number of aromatic nitrogens is 5. The van der Waals surface area contributed by atoms with Gasteiger partial charge >= 0.3 is 5.69 Å². The minimum absolute atomic E-state index is 0.0313. The fraction of sp³-hybridized carbons (Fsp3) is 0.0465. The molecule has 0 atom stereocenters. The van der Waals surface area contributed by atoms with Crippen LogP contribution in [0.5, 0.6) is 0 Å². The molecule has 0 bridgehead atoms. The van der Waals surface area contributed by atoms with Crippen LogP contribution in [0.15, 0.2) is 156 Å². The number of hydrogen-bond acceptors (Lipinski definition) is 3. The molecule has 0 aliphatic rings. The van der Waals surface area contributed by atoms with Crippen molar-refractivity contribution < 1.29 is 0 Å². The summed E-state index contributed by atoms with van der Waals surface area (Å²) in [4.78, 5) is 22.8. The summed E-state index contributed by atoms with van der Waals surface area (Å²) in [6.45, 7) is 0. The molecule has 0 radical (unpaired) electrons. The standard InChI is InChI=1S/C43H31N5O/c1-46-39-24-22-33(26-40(39)47(2)43(46)49)29-17-19-30(20-18-29)36-27-41(45-42(44-36)31-13-7-4-8-14-31)48-37-16-10-9-15-34(37)35-25-32(21-23-38(35)48)28-11-5-3-6-12-28/h3-27H,1-2H3. The van der Waals surface area contributed by atoms with E-state index in [1.807, 2.05) is 37.4 Å². The smallest absolute Gasteiger partial charge is 0.295 e. The third-order valence-electron chi connectivity index (χ3n) is 9.54. The number of aryl methyl sites for hydroxylation is 2. The van der Waals surface area contributed by atoms with E-state index in [1.165, 1.54) is 21.9 Å². The zero-order chi connectivity index (χ0) is 33.1. The minimum Gasteiger partial charge on any atom is -0.295 e. The van der Waals surface area contributed by atoms with Gasteiger partial charge in [0.15, 0.2) is 5.82 Å². The average molecular weight is 634 g/mol. The number of nitrogens with zero attached hydrogens (tertiary/aromatic N) is 5. The molecule has 0 aliphatic carbocycles. The van der Waals surface area contributed by atoms with Crippen LogP contribution in [0.4, 0.5) is 0 Å². The first-order valence-corrected chi connectivity index (χ1v) is 16.3. The molecule has 9 aromatic rings. The summed E-state index contributed by atoms with van der Waals surface area (Å²) in [7, 11) is 3.62. The highest BCUT2D eigenvalue weighted by Gasteiger charge is 2.17. The first-order valence-electron chi connectivity index (χ1n) is 16.3. The Bertz CT molecular complexity index is 2740. The summed E-state index contributed by atoms with van der Waals surface area (Å²) in [6, 6.07) is 52.6. The number of imidazole rings is 1. The average Bonchev–Trinajstić information content (AvgIpc) is 3.61. The van der Waals surface area contributed by atoms with Gasteiger partial charge in [-0.3, -0.25) is 13.7 Å². The number of fused-ring (bicyclic) bond motifs is 4. The zero-order valence-corrected chi connectivity index (χ0v) is 27.1. The molecule has 6 heteroatoms. The molecule has 0 saturated carbocycles. The van der Waals surface area contributed by atoms with E-state index in [-0.39, 0.29) is 5.69 Å². The zero-order valence-electron chi connectivity index (χ0n) is 27.1. The fourth-order valence-corrected chi connectivity index (χ4v) is 6.96. The van der Waals surface area contributed by atoms with Gasteiger partial charge in [0.2, 0.25) is 0 Å². The van der Waals surface area contributed by atoms with Crippen molar-refractivity contribution >= 4 is 32.8 Å². The van der Waals surface area contributed by atoms with Crippen LogP contribution in [0.1, 0.15) is 0 Å². The second kappa shape index (κ2) is 11.3. The highest BCUT2D eigenvalue weighted by atomic mass is 16.1. The first kappa shape index (κ1) is 28.7. The van der Waals surface area contributed by atoms with E-state index in [2.05, 4.69) is 126 Å². The van der Waals surface area contributed by atoms with Crippen molar-refractivity contribution in [2.24, 2.45) is 14.1 Å². The summed E-state index contributed by atoms with van der Waals surface area (Å²) in [5.41, 5.74) is 11.2. The van der Waals surface area contributed by atoms with E-state index >= 15 is 0 Å². The molecule has 0 amide bonds. The molecule has 0 saturated heterocycles. The molecule has 0 aliphatic heterocycles. The molecule has 234 valence electrons. The topological polar surface area (TPSA) is 57.6 Å². The third kappa shape index (κ3) is 4.76. The van der Waals surface area contributed by atoms with E-state index in [0.717, 1.165) is 55.8 Å². The van der Waals surface area contributed by atoms with Crippen LogP contribution in [0.25, 0.3) is 83.6 Å². The fourth-order valence-electron chi connectivity index (χ4n) is 6.96. The van der Waals surface area contributed by atoms with E-state index < -0.39 is 0 Å². The van der Waals surface area contributed by atoms with E-state index in [1.54, 1.807) is 16.2 Å². The van der Waals surface area contributed by atoms with Gasteiger partial charge in [-0.15, -0.1) is 0 Å². The molecule has 0 unspecified atom stereocenters. The lowest BCUT2D eigenvalue weighted by Crippen LogP contribution is -2.19. The normalized spacial score (nSPS) is 11.6. The van der Waals surface area contributed by atoms with Crippen molar-refractivity contribution in [3.63, 3.8) is 0 Å². The summed E-state index contributed by atoms with van der Waals surface area (Å²) in [6.07, 6.45) is 0. The van der Waals surface area contributed by atoms with Crippen molar-refractivity contribution in [2.75, 3.05) is 0 Å². The van der Waals surface area contributed by atoms with Crippen LogP contribution in [0, 0.1) is 0 Å². The molecule has 0 fully saturated rings. The van der Waals surface area contributed by atoms with Crippen LogP contribution in [-0.4, -0.2) is 23.7 Å². The van der Waals surface area contributed by atoms with Crippen LogP contribution < -0.4 is 5.69 Å². The van der Waals surface area contributed by atoms with Crippen molar-refractivity contribution in [2.45, 2.75) is 0 Å². The Morgan fingerprint density at radius 2 is 0.980 bits per heavy atom. The number of hydrogen-bond donors (Lipinski definition) is 0. The second-order valence-corrected chi connectivity index (χ2v) is 12.4. The molecular formula is C43H31N5O. The molecular weight excluding hydrogens is 603 g/mol. The van der Waals surface area contributed by atoms with Crippen LogP contribution in [-0.2, 0) is 14.1 Å². The summed E-state index contributed by atoms with van der Waals surface area (Å²) < 4.78 is 5.63. The highest BCUT2D eigenvalue weighted by molar-refractivity contribution is 6.10. The highest BCUT2D eigenvalue weighted by Crippen LogP contribution is 2.36. The largest absolute Gasteiger partial charge is 0.328 e. The van der Waals surface area contributed by atoms with Crippen molar-refractivity contribution in [1.82, 2.24) is 23.7 Å². The Hall–Kier alpha value is -6.53. The minimum atomic E-state index is -0.0313. The maximum atomic E-state index is 12.5. The summed E-state index contributed by atoms with van der Waals surface area (Å²) in [5, 5.41) is 2.35. The van der Waals surface area contributed by atoms with Gasteiger partial charge in [-0.25, -0.2) is 14.8 Å². The van der Waals surface area contributed by atoms with Gasteiger partial charge in [0.25, 0.3) is 0 Å². The van der Waals surface area contributed by atoms with E-state index in [4.69, 9.17) is 9.97 Å². The lowest BCUT2D eigenvalue weighted by Gasteiger charge is -2.12. The molecule has 49 heavy (non-hydrogen) atoms.